The molecule has 1 fully saturated rings. The number of aromatic hydroxyl groups is 1. The van der Waals surface area contributed by atoms with E-state index in [0.29, 0.717) is 23.6 Å². The molecule has 0 aromatic heterocycles. The van der Waals surface area contributed by atoms with E-state index in [1.165, 1.54) is 6.07 Å². The fraction of sp³-hybridized carbons (Fsp3) is 0.300. The van der Waals surface area contributed by atoms with Crippen molar-refractivity contribution in [3.63, 3.8) is 0 Å². The summed E-state index contributed by atoms with van der Waals surface area (Å²) in [5.41, 5.74) is 1.63. The van der Waals surface area contributed by atoms with E-state index < -0.39 is 5.82 Å². The van der Waals surface area contributed by atoms with Crippen LogP contribution in [0.1, 0.15) is 11.1 Å². The number of piperazine rings is 1. The SMILES string of the molecule is CN=C(NCc1ccc(C#N)cc1F)N1CCN(c2ccccc2O)CC1.I. The van der Waals surface area contributed by atoms with Crippen molar-refractivity contribution in [3.05, 3.63) is 59.4 Å². The summed E-state index contributed by atoms with van der Waals surface area (Å²) < 4.78 is 14.0. The molecule has 1 aliphatic rings. The molecule has 0 bridgehead atoms. The van der Waals surface area contributed by atoms with E-state index in [9.17, 15) is 9.50 Å². The van der Waals surface area contributed by atoms with Crippen LogP contribution in [0.4, 0.5) is 10.1 Å². The van der Waals surface area contributed by atoms with Gasteiger partial charge in [-0.1, -0.05) is 18.2 Å². The summed E-state index contributed by atoms with van der Waals surface area (Å²) in [5, 5.41) is 22.0. The molecule has 1 heterocycles. The Morgan fingerprint density at radius 2 is 1.93 bits per heavy atom. The van der Waals surface area contributed by atoms with Gasteiger partial charge in [-0.25, -0.2) is 4.39 Å². The zero-order valence-electron chi connectivity index (χ0n) is 15.6. The fourth-order valence-corrected chi connectivity index (χ4v) is 3.16. The lowest BCUT2D eigenvalue weighted by Gasteiger charge is -2.37. The number of phenolic OH excluding ortho intramolecular Hbond substituents is 1. The van der Waals surface area contributed by atoms with Gasteiger partial charge in [-0.3, -0.25) is 4.99 Å². The first-order valence-electron chi connectivity index (χ1n) is 8.79. The third-order valence-electron chi connectivity index (χ3n) is 4.63. The van der Waals surface area contributed by atoms with Crippen LogP contribution < -0.4 is 10.2 Å². The highest BCUT2D eigenvalue weighted by molar-refractivity contribution is 14.0. The standard InChI is InChI=1S/C20H22FN5O.HI/c1-23-20(24-14-16-7-6-15(13-22)12-17(16)21)26-10-8-25(9-11-26)18-4-2-3-5-19(18)27;/h2-7,12,27H,8-11,14H2,1H3,(H,23,24);1H. The normalized spacial score (nSPS) is 14.2. The summed E-state index contributed by atoms with van der Waals surface area (Å²) in [6.07, 6.45) is 0. The van der Waals surface area contributed by atoms with Gasteiger partial charge in [0.25, 0.3) is 0 Å². The number of hydrogen-bond acceptors (Lipinski definition) is 4. The minimum absolute atomic E-state index is 0. The molecule has 0 atom stereocenters. The van der Waals surface area contributed by atoms with Crippen LogP contribution in [0, 0.1) is 17.1 Å². The van der Waals surface area contributed by atoms with Gasteiger partial charge in [0.15, 0.2) is 5.96 Å². The Morgan fingerprint density at radius 1 is 1.21 bits per heavy atom. The molecule has 8 heteroatoms. The molecule has 0 spiro atoms. The number of para-hydroxylation sites is 2. The van der Waals surface area contributed by atoms with Crippen LogP contribution in [0.15, 0.2) is 47.5 Å². The van der Waals surface area contributed by atoms with E-state index in [1.807, 2.05) is 24.3 Å². The summed E-state index contributed by atoms with van der Waals surface area (Å²) in [4.78, 5) is 8.54. The summed E-state index contributed by atoms with van der Waals surface area (Å²) in [5.74, 6) is 0.585. The lowest BCUT2D eigenvalue weighted by atomic mass is 10.1. The first-order chi connectivity index (χ1) is 13.1. The molecule has 0 radical (unpaired) electrons. The number of nitriles is 1. The van der Waals surface area contributed by atoms with Gasteiger partial charge in [-0.15, -0.1) is 24.0 Å². The van der Waals surface area contributed by atoms with Crippen molar-refractivity contribution in [2.75, 3.05) is 38.1 Å². The molecule has 28 heavy (non-hydrogen) atoms. The van der Waals surface area contributed by atoms with Crippen LogP contribution in [0.5, 0.6) is 5.75 Å². The quantitative estimate of drug-likeness (QED) is 0.389. The smallest absolute Gasteiger partial charge is 0.194 e. The van der Waals surface area contributed by atoms with E-state index in [2.05, 4.69) is 20.1 Å². The molecule has 2 N–H and O–H groups in total. The largest absolute Gasteiger partial charge is 0.506 e. The summed E-state index contributed by atoms with van der Waals surface area (Å²) in [6, 6.07) is 13.7. The topological polar surface area (TPSA) is 74.9 Å². The molecule has 148 valence electrons. The highest BCUT2D eigenvalue weighted by atomic mass is 127. The van der Waals surface area contributed by atoms with E-state index in [1.54, 1.807) is 25.2 Å². The van der Waals surface area contributed by atoms with Gasteiger partial charge in [0, 0.05) is 45.3 Å². The molecule has 0 saturated carbocycles. The highest BCUT2D eigenvalue weighted by Crippen LogP contribution is 2.27. The predicted octanol–water partition coefficient (Wildman–Crippen LogP) is 2.92. The Bertz CT molecular complexity index is 875. The number of anilines is 1. The monoisotopic (exact) mass is 495 g/mol. The van der Waals surface area contributed by atoms with Crippen LogP contribution in [0.25, 0.3) is 0 Å². The molecule has 0 aliphatic carbocycles. The number of aliphatic imine (C=N–C) groups is 1. The third-order valence-corrected chi connectivity index (χ3v) is 4.63. The lowest BCUT2D eigenvalue weighted by Crippen LogP contribution is -2.52. The molecule has 2 aromatic rings. The van der Waals surface area contributed by atoms with Crippen molar-refractivity contribution in [1.82, 2.24) is 10.2 Å². The first kappa shape index (κ1) is 21.8. The van der Waals surface area contributed by atoms with E-state index in [-0.39, 0.29) is 29.7 Å². The molecular formula is C20H23FIN5O. The Morgan fingerprint density at radius 3 is 2.54 bits per heavy atom. The van der Waals surface area contributed by atoms with Gasteiger partial charge in [-0.05, 0) is 24.3 Å². The van der Waals surface area contributed by atoms with Gasteiger partial charge in [0.2, 0.25) is 0 Å². The maximum absolute atomic E-state index is 14.0. The van der Waals surface area contributed by atoms with Crippen molar-refractivity contribution in [1.29, 1.82) is 5.26 Å². The van der Waals surface area contributed by atoms with Gasteiger partial charge in [0.1, 0.15) is 11.6 Å². The predicted molar refractivity (Wildman–Crippen MR) is 119 cm³/mol. The molecule has 3 rings (SSSR count). The highest BCUT2D eigenvalue weighted by Gasteiger charge is 2.21. The van der Waals surface area contributed by atoms with Crippen molar-refractivity contribution in [2.45, 2.75) is 6.54 Å². The average molecular weight is 495 g/mol. The van der Waals surface area contributed by atoms with Crippen LogP contribution >= 0.6 is 24.0 Å². The molecular weight excluding hydrogens is 472 g/mol. The molecule has 0 unspecified atom stereocenters. The Labute approximate surface area is 181 Å². The summed E-state index contributed by atoms with van der Waals surface area (Å²) in [6.45, 7) is 3.28. The number of guanidine groups is 1. The number of hydrogen-bond donors (Lipinski definition) is 2. The van der Waals surface area contributed by atoms with Crippen LogP contribution in [0.2, 0.25) is 0 Å². The van der Waals surface area contributed by atoms with Crippen LogP contribution in [0.3, 0.4) is 0 Å². The zero-order chi connectivity index (χ0) is 19.2. The van der Waals surface area contributed by atoms with Gasteiger partial charge in [-0.2, -0.15) is 5.26 Å². The first-order valence-corrected chi connectivity index (χ1v) is 8.79. The Hall–Kier alpha value is -2.54. The minimum atomic E-state index is -0.402. The van der Waals surface area contributed by atoms with Crippen molar-refractivity contribution in [3.8, 4) is 11.8 Å². The van der Waals surface area contributed by atoms with Crippen molar-refractivity contribution < 1.29 is 9.50 Å². The van der Waals surface area contributed by atoms with Gasteiger partial charge < -0.3 is 20.2 Å². The third kappa shape index (κ3) is 5.04. The van der Waals surface area contributed by atoms with E-state index in [4.69, 9.17) is 5.26 Å². The maximum Gasteiger partial charge on any atom is 0.194 e. The van der Waals surface area contributed by atoms with Crippen LogP contribution in [-0.4, -0.2) is 49.2 Å². The number of nitrogens with zero attached hydrogens (tertiary/aromatic N) is 4. The second-order valence-corrected chi connectivity index (χ2v) is 6.28. The summed E-state index contributed by atoms with van der Waals surface area (Å²) >= 11 is 0. The molecule has 0 amide bonds. The number of nitrogens with one attached hydrogen (secondary N) is 1. The second kappa shape index (κ2) is 10.1. The number of halogens is 2. The fourth-order valence-electron chi connectivity index (χ4n) is 3.16. The molecule has 2 aromatic carbocycles. The van der Waals surface area contributed by atoms with E-state index in [0.717, 1.165) is 31.9 Å². The zero-order valence-corrected chi connectivity index (χ0v) is 17.9. The average Bonchev–Trinajstić information content (AvgIpc) is 2.70. The molecule has 6 nitrogen and oxygen atoms in total. The van der Waals surface area contributed by atoms with E-state index >= 15 is 0 Å². The number of phenols is 1. The van der Waals surface area contributed by atoms with Gasteiger partial charge in [0.05, 0.1) is 17.3 Å². The van der Waals surface area contributed by atoms with Crippen molar-refractivity contribution in [2.24, 2.45) is 4.99 Å². The van der Waals surface area contributed by atoms with Gasteiger partial charge >= 0.3 is 0 Å². The number of benzene rings is 2. The molecule has 1 saturated heterocycles. The van der Waals surface area contributed by atoms with Crippen LogP contribution in [-0.2, 0) is 6.54 Å². The Balaban J connectivity index is 0.00000280. The second-order valence-electron chi connectivity index (χ2n) is 6.28. The minimum Gasteiger partial charge on any atom is -0.506 e. The maximum atomic E-state index is 14.0. The lowest BCUT2D eigenvalue weighted by molar-refractivity contribution is 0.369. The van der Waals surface area contributed by atoms with Crippen molar-refractivity contribution >= 4 is 35.6 Å². The number of rotatable bonds is 3. The Kier molecular flexibility index (Phi) is 7.87. The summed E-state index contributed by atoms with van der Waals surface area (Å²) in [7, 11) is 1.70. The molecule has 1 aliphatic heterocycles.